The normalized spacial score (nSPS) is 19.4. The van der Waals surface area contributed by atoms with Gasteiger partial charge in [-0.2, -0.15) is 8.42 Å². The number of carbonyl (C=O) groups excluding carboxylic acids is 3. The Morgan fingerprint density at radius 1 is 0.769 bits per heavy atom. The van der Waals surface area contributed by atoms with Gasteiger partial charge < -0.3 is 33.2 Å². The van der Waals surface area contributed by atoms with Crippen molar-refractivity contribution in [3.8, 4) is 0 Å². The molecule has 0 N–H and O–H groups in total. The minimum atomic E-state index is -4.24. The van der Waals surface area contributed by atoms with Crippen LogP contribution in [0.25, 0.3) is 0 Å². The molecule has 17 nitrogen and oxygen atoms in total. The minimum absolute atomic E-state index is 0.00123. The number of benzene rings is 1. The van der Waals surface area contributed by atoms with Gasteiger partial charge in [0, 0.05) is 11.8 Å². The lowest BCUT2D eigenvalue weighted by Gasteiger charge is -2.28. The fourth-order valence-electron chi connectivity index (χ4n) is 4.68. The van der Waals surface area contributed by atoms with Crippen LogP contribution in [-0.4, -0.2) is 84.3 Å². The average molecular weight is 757 g/mol. The van der Waals surface area contributed by atoms with Crippen molar-refractivity contribution in [2.24, 2.45) is 0 Å². The van der Waals surface area contributed by atoms with E-state index >= 15 is 0 Å². The Bertz CT molecular complexity index is 1830. The van der Waals surface area contributed by atoms with E-state index in [1.54, 1.807) is 81.4 Å². The molecule has 3 rings (SSSR count). The van der Waals surface area contributed by atoms with Gasteiger partial charge in [0.05, 0.1) is 18.0 Å². The van der Waals surface area contributed by atoms with Crippen LogP contribution in [0.15, 0.2) is 44.9 Å². The van der Waals surface area contributed by atoms with Crippen molar-refractivity contribution in [3.63, 3.8) is 0 Å². The van der Waals surface area contributed by atoms with E-state index in [9.17, 15) is 32.4 Å². The van der Waals surface area contributed by atoms with Crippen molar-refractivity contribution in [2.45, 2.75) is 129 Å². The predicted molar refractivity (Wildman–Crippen MR) is 182 cm³/mol. The maximum atomic E-state index is 13.9. The van der Waals surface area contributed by atoms with Gasteiger partial charge >= 0.3 is 24.2 Å². The molecule has 1 aliphatic heterocycles. The van der Waals surface area contributed by atoms with Crippen LogP contribution in [0.4, 0.5) is 14.4 Å². The predicted octanol–water partition coefficient (Wildman–Crippen LogP) is 4.52. The van der Waals surface area contributed by atoms with Crippen molar-refractivity contribution in [1.82, 2.24) is 9.13 Å². The second-order valence-electron chi connectivity index (χ2n) is 15.0. The first kappa shape index (κ1) is 42.0. The molecule has 18 heteroatoms. The summed E-state index contributed by atoms with van der Waals surface area (Å²) in [5.74, 6) is 0. The second-order valence-corrected chi connectivity index (χ2v) is 16.6. The molecular weight excluding hydrogens is 708 g/mol. The second kappa shape index (κ2) is 16.1. The first-order valence-corrected chi connectivity index (χ1v) is 17.8. The molecule has 2 heterocycles. The average Bonchev–Trinajstić information content (AvgIpc) is 3.28. The van der Waals surface area contributed by atoms with Crippen LogP contribution >= 0.6 is 0 Å². The van der Waals surface area contributed by atoms with E-state index in [1.165, 1.54) is 19.1 Å². The van der Waals surface area contributed by atoms with Crippen LogP contribution in [0.3, 0.4) is 0 Å². The van der Waals surface area contributed by atoms with Crippen molar-refractivity contribution in [3.05, 3.63) is 62.4 Å². The first-order valence-electron chi connectivity index (χ1n) is 16.4. The SMILES string of the molecule is Cc1ccc(S(=O)(=O)OCCn2c(=O)c(C)cn([C@@H]3O[C@H](COC(=O)OC(C)(C)C)[C@@H](OC(=O)OC(C)(C)C)[C@@H]3OC(=O)OC(C)(C)C)c2=O)cc1. The molecular formula is C34H48N2O15S. The zero-order valence-electron chi connectivity index (χ0n) is 31.2. The van der Waals surface area contributed by atoms with Crippen LogP contribution < -0.4 is 11.2 Å². The van der Waals surface area contributed by atoms with Crippen molar-refractivity contribution < 1.29 is 60.1 Å². The Balaban J connectivity index is 2.05. The van der Waals surface area contributed by atoms with Crippen LogP contribution in [-0.2, 0) is 54.0 Å². The topological polar surface area (TPSA) is 203 Å². The summed E-state index contributed by atoms with van der Waals surface area (Å²) in [5.41, 5.74) is -3.95. The number of hydrogen-bond donors (Lipinski definition) is 0. The number of aromatic nitrogens is 2. The van der Waals surface area contributed by atoms with E-state index in [1.807, 2.05) is 0 Å². The molecule has 1 aliphatic rings. The lowest BCUT2D eigenvalue weighted by atomic mass is 10.1. The summed E-state index contributed by atoms with van der Waals surface area (Å²) in [5, 5.41) is 0. The summed E-state index contributed by atoms with van der Waals surface area (Å²) in [6.07, 6.45) is -8.66. The molecule has 0 radical (unpaired) electrons. The Hall–Kier alpha value is -4.42. The first-order chi connectivity index (χ1) is 23.8. The third-order valence-electron chi connectivity index (χ3n) is 6.79. The molecule has 0 bridgehead atoms. The van der Waals surface area contributed by atoms with Gasteiger partial charge in [0.25, 0.3) is 15.7 Å². The van der Waals surface area contributed by atoms with Gasteiger partial charge in [-0.3, -0.25) is 18.1 Å². The van der Waals surface area contributed by atoms with E-state index < -0.39 is 101 Å². The monoisotopic (exact) mass is 756 g/mol. The minimum Gasteiger partial charge on any atom is -0.431 e. The van der Waals surface area contributed by atoms with Crippen molar-refractivity contribution in [1.29, 1.82) is 0 Å². The highest BCUT2D eigenvalue weighted by molar-refractivity contribution is 7.86. The van der Waals surface area contributed by atoms with Gasteiger partial charge in [0.1, 0.15) is 29.5 Å². The zero-order valence-corrected chi connectivity index (χ0v) is 32.1. The number of nitrogens with zero attached hydrogens (tertiary/aromatic N) is 2. The number of rotatable bonds is 10. The van der Waals surface area contributed by atoms with E-state index in [2.05, 4.69) is 0 Å². The lowest BCUT2D eigenvalue weighted by molar-refractivity contribution is -0.0883. The van der Waals surface area contributed by atoms with Gasteiger partial charge in [-0.15, -0.1) is 0 Å². The summed E-state index contributed by atoms with van der Waals surface area (Å²) in [4.78, 5) is 65.4. The highest BCUT2D eigenvalue weighted by Crippen LogP contribution is 2.35. The fraction of sp³-hybridized carbons (Fsp3) is 0.618. The van der Waals surface area contributed by atoms with E-state index in [0.717, 1.165) is 16.3 Å². The molecule has 1 aromatic heterocycles. The molecule has 0 unspecified atom stereocenters. The molecule has 1 saturated heterocycles. The maximum Gasteiger partial charge on any atom is 0.509 e. The lowest BCUT2D eigenvalue weighted by Crippen LogP contribution is -2.47. The molecule has 0 spiro atoms. The molecule has 1 aromatic carbocycles. The van der Waals surface area contributed by atoms with Crippen molar-refractivity contribution >= 4 is 28.6 Å². The summed E-state index contributed by atoms with van der Waals surface area (Å²) >= 11 is 0. The van der Waals surface area contributed by atoms with Crippen LogP contribution in [0, 0.1) is 13.8 Å². The van der Waals surface area contributed by atoms with E-state index in [0.29, 0.717) is 4.57 Å². The summed E-state index contributed by atoms with van der Waals surface area (Å²) in [6, 6.07) is 5.89. The van der Waals surface area contributed by atoms with E-state index in [4.69, 9.17) is 37.3 Å². The molecule has 4 atom stereocenters. The quantitative estimate of drug-likeness (QED) is 0.186. The molecule has 0 saturated carbocycles. The van der Waals surface area contributed by atoms with Gasteiger partial charge in [0.15, 0.2) is 18.4 Å². The molecule has 0 aliphatic carbocycles. The van der Waals surface area contributed by atoms with Crippen LogP contribution in [0.5, 0.6) is 0 Å². The van der Waals surface area contributed by atoms with Crippen molar-refractivity contribution in [2.75, 3.05) is 13.2 Å². The maximum absolute atomic E-state index is 13.9. The standard InChI is InChI=1S/C34H48N2O15S/c1-20-12-14-22(15-13-20)52(42,43)45-17-16-35-26(37)21(2)18-36(28(35)38)27-25(48-31(41)51-34(9,10)11)24(47-30(40)50-33(6,7)8)23(46-27)19-44-29(39)49-32(3,4)5/h12-15,18,23-25,27H,16-17,19H2,1-11H3/t23-,24-,25+,27-/m1/s1. The molecule has 1 fully saturated rings. The van der Waals surface area contributed by atoms with Crippen LogP contribution in [0.1, 0.15) is 79.7 Å². The van der Waals surface area contributed by atoms with Gasteiger partial charge in [0.2, 0.25) is 0 Å². The number of hydrogen-bond acceptors (Lipinski definition) is 15. The number of ether oxygens (including phenoxy) is 7. The summed E-state index contributed by atoms with van der Waals surface area (Å²) in [7, 11) is -4.24. The summed E-state index contributed by atoms with van der Waals surface area (Å²) in [6.45, 7) is 15.8. The highest BCUT2D eigenvalue weighted by Gasteiger charge is 2.53. The van der Waals surface area contributed by atoms with Gasteiger partial charge in [-0.1, -0.05) is 17.7 Å². The van der Waals surface area contributed by atoms with Crippen LogP contribution in [0.2, 0.25) is 0 Å². The highest BCUT2D eigenvalue weighted by atomic mass is 32.2. The third kappa shape index (κ3) is 12.1. The molecule has 52 heavy (non-hydrogen) atoms. The zero-order chi connectivity index (χ0) is 39.4. The van der Waals surface area contributed by atoms with E-state index in [-0.39, 0.29) is 10.5 Å². The van der Waals surface area contributed by atoms with Gasteiger partial charge in [-0.25, -0.2) is 19.2 Å². The molecule has 2 aromatic rings. The fourth-order valence-corrected chi connectivity index (χ4v) is 5.58. The molecule has 0 amide bonds. The molecule has 290 valence electrons. The smallest absolute Gasteiger partial charge is 0.431 e. The largest absolute Gasteiger partial charge is 0.509 e. The third-order valence-corrected chi connectivity index (χ3v) is 8.11. The van der Waals surface area contributed by atoms with Gasteiger partial charge in [-0.05, 0) is 88.3 Å². The summed E-state index contributed by atoms with van der Waals surface area (Å²) < 4.78 is 70.6. The number of carbonyl (C=O) groups is 3. The Morgan fingerprint density at radius 3 is 1.79 bits per heavy atom. The Labute approximate surface area is 302 Å². The Kier molecular flexibility index (Phi) is 13.0. The Morgan fingerprint density at radius 2 is 1.27 bits per heavy atom. The number of aryl methyl sites for hydroxylation is 2.